The molecule has 4 nitrogen and oxygen atoms in total. The van der Waals surface area contributed by atoms with Crippen LogP contribution in [0.2, 0.25) is 0 Å². The fourth-order valence-corrected chi connectivity index (χ4v) is 4.32. The van der Waals surface area contributed by atoms with E-state index in [1.54, 1.807) is 12.4 Å². The molecule has 1 amide bonds. The Morgan fingerprint density at radius 3 is 2.52 bits per heavy atom. The van der Waals surface area contributed by atoms with E-state index in [4.69, 9.17) is 0 Å². The number of nitrogens with zero attached hydrogens (tertiary/aromatic N) is 1. The summed E-state index contributed by atoms with van der Waals surface area (Å²) in [6, 6.07) is 19.7. The van der Waals surface area contributed by atoms with E-state index >= 15 is 0 Å². The number of hydrogen-bond acceptors (Lipinski definition) is 2. The van der Waals surface area contributed by atoms with Gasteiger partial charge in [-0.25, -0.2) is 0 Å². The third-order valence-corrected chi connectivity index (χ3v) is 5.81. The van der Waals surface area contributed by atoms with Crippen LogP contribution < -0.4 is 5.32 Å². The first-order valence-electron chi connectivity index (χ1n) is 10.2. The van der Waals surface area contributed by atoms with Crippen molar-refractivity contribution in [1.82, 2.24) is 15.3 Å². The minimum absolute atomic E-state index is 0.0664. The minimum Gasteiger partial charge on any atom is -0.358 e. The van der Waals surface area contributed by atoms with Crippen LogP contribution in [0.3, 0.4) is 0 Å². The number of aromatic amines is 1. The first-order valence-corrected chi connectivity index (χ1v) is 10.2. The highest BCUT2D eigenvalue weighted by Gasteiger charge is 2.20. The van der Waals surface area contributed by atoms with Gasteiger partial charge in [0, 0.05) is 34.6 Å². The molecule has 1 aliphatic carbocycles. The zero-order valence-corrected chi connectivity index (χ0v) is 16.2. The Balaban J connectivity index is 1.49. The van der Waals surface area contributed by atoms with E-state index in [0.717, 1.165) is 29.5 Å². The molecule has 0 bridgehead atoms. The molecular formula is C25H23N3O. The van der Waals surface area contributed by atoms with Crippen molar-refractivity contribution in [2.75, 3.05) is 0 Å². The summed E-state index contributed by atoms with van der Waals surface area (Å²) >= 11 is 0. The molecule has 0 radical (unpaired) electrons. The van der Waals surface area contributed by atoms with Crippen LogP contribution in [0.4, 0.5) is 0 Å². The van der Waals surface area contributed by atoms with Crippen molar-refractivity contribution < 1.29 is 4.79 Å². The largest absolute Gasteiger partial charge is 0.358 e. The van der Waals surface area contributed by atoms with Gasteiger partial charge < -0.3 is 10.3 Å². The normalized spacial score (nSPS) is 14.3. The minimum atomic E-state index is -0.220. The molecule has 1 aliphatic rings. The van der Waals surface area contributed by atoms with Gasteiger partial charge in [0.1, 0.15) is 0 Å². The maximum Gasteiger partial charge on any atom is 0.252 e. The first-order chi connectivity index (χ1) is 14.3. The Kier molecular flexibility index (Phi) is 4.60. The number of carbonyl (C=O) groups excluding carboxylic acids is 1. The molecular weight excluding hydrogens is 358 g/mol. The highest BCUT2D eigenvalue weighted by molar-refractivity contribution is 5.99. The second-order valence-electron chi connectivity index (χ2n) is 7.65. The Morgan fingerprint density at radius 2 is 1.69 bits per heavy atom. The lowest BCUT2D eigenvalue weighted by Crippen LogP contribution is -2.29. The summed E-state index contributed by atoms with van der Waals surface area (Å²) < 4.78 is 0. The van der Waals surface area contributed by atoms with Crippen molar-refractivity contribution in [3.05, 3.63) is 101 Å². The number of pyridine rings is 1. The lowest BCUT2D eigenvalue weighted by atomic mass is 9.95. The van der Waals surface area contributed by atoms with Gasteiger partial charge in [0.15, 0.2) is 0 Å². The monoisotopic (exact) mass is 381 g/mol. The van der Waals surface area contributed by atoms with Crippen LogP contribution in [0.1, 0.15) is 51.6 Å². The number of nitrogens with one attached hydrogen (secondary N) is 2. The van der Waals surface area contributed by atoms with Crippen molar-refractivity contribution in [1.29, 1.82) is 0 Å². The number of rotatable bonds is 4. The second kappa shape index (κ2) is 7.55. The van der Waals surface area contributed by atoms with E-state index in [9.17, 15) is 4.79 Å². The maximum atomic E-state index is 13.2. The molecule has 0 saturated carbocycles. The number of H-pyrrole nitrogens is 1. The molecule has 29 heavy (non-hydrogen) atoms. The summed E-state index contributed by atoms with van der Waals surface area (Å²) in [5.74, 6) is -0.0664. The second-order valence-corrected chi connectivity index (χ2v) is 7.65. The number of aryl methyl sites for hydroxylation is 2. The summed E-state index contributed by atoms with van der Waals surface area (Å²) in [6.07, 6.45) is 8.16. The van der Waals surface area contributed by atoms with E-state index in [0.29, 0.717) is 5.56 Å². The zero-order valence-electron chi connectivity index (χ0n) is 16.2. The smallest absolute Gasteiger partial charge is 0.252 e. The van der Waals surface area contributed by atoms with Crippen LogP contribution in [-0.4, -0.2) is 15.9 Å². The van der Waals surface area contributed by atoms with Gasteiger partial charge >= 0.3 is 0 Å². The lowest BCUT2D eigenvalue weighted by molar-refractivity contribution is 0.0943. The predicted molar refractivity (Wildman–Crippen MR) is 115 cm³/mol. The maximum absolute atomic E-state index is 13.2. The van der Waals surface area contributed by atoms with Gasteiger partial charge in [-0.05, 0) is 72.7 Å². The molecule has 2 aromatic carbocycles. The summed E-state index contributed by atoms with van der Waals surface area (Å²) in [7, 11) is 0. The van der Waals surface area contributed by atoms with Crippen molar-refractivity contribution >= 4 is 16.8 Å². The Labute approximate surface area is 170 Å². The first kappa shape index (κ1) is 17.7. The van der Waals surface area contributed by atoms with Crippen molar-refractivity contribution in [3.63, 3.8) is 0 Å². The van der Waals surface area contributed by atoms with Gasteiger partial charge in [-0.15, -0.1) is 0 Å². The van der Waals surface area contributed by atoms with Crippen LogP contribution in [0, 0.1) is 0 Å². The molecule has 4 heteroatoms. The van der Waals surface area contributed by atoms with Crippen LogP contribution >= 0.6 is 0 Å². The average Bonchev–Trinajstić information content (AvgIpc) is 3.16. The molecule has 2 N–H and O–H groups in total. The van der Waals surface area contributed by atoms with Crippen LogP contribution in [0.15, 0.2) is 73.1 Å². The number of hydrogen-bond donors (Lipinski definition) is 2. The molecule has 0 saturated heterocycles. The molecule has 5 rings (SSSR count). The van der Waals surface area contributed by atoms with Crippen molar-refractivity contribution in [3.8, 4) is 0 Å². The average molecular weight is 381 g/mol. The van der Waals surface area contributed by atoms with Crippen molar-refractivity contribution in [2.24, 2.45) is 0 Å². The van der Waals surface area contributed by atoms with Gasteiger partial charge in [-0.2, -0.15) is 0 Å². The van der Waals surface area contributed by atoms with E-state index in [1.165, 1.54) is 29.5 Å². The molecule has 0 aliphatic heterocycles. The Morgan fingerprint density at radius 1 is 0.931 bits per heavy atom. The third kappa shape index (κ3) is 3.42. The Bertz CT molecular complexity index is 1110. The lowest BCUT2D eigenvalue weighted by Gasteiger charge is -2.20. The quantitative estimate of drug-likeness (QED) is 0.525. The predicted octanol–water partition coefficient (Wildman–Crippen LogP) is 4.96. The van der Waals surface area contributed by atoms with Gasteiger partial charge in [-0.1, -0.05) is 30.3 Å². The summed E-state index contributed by atoms with van der Waals surface area (Å²) in [5, 5.41) is 4.41. The van der Waals surface area contributed by atoms with Crippen LogP contribution in [0.5, 0.6) is 0 Å². The SMILES string of the molecule is O=C(NC(c1ccccc1)c1ccncc1)c1ccc2[nH]c3c(c2c1)CCCC3. The molecule has 1 unspecified atom stereocenters. The topological polar surface area (TPSA) is 57.8 Å². The highest BCUT2D eigenvalue weighted by atomic mass is 16.1. The molecule has 0 spiro atoms. The molecule has 1 atom stereocenters. The van der Waals surface area contributed by atoms with Gasteiger partial charge in [0.25, 0.3) is 5.91 Å². The van der Waals surface area contributed by atoms with Crippen molar-refractivity contribution in [2.45, 2.75) is 31.7 Å². The summed E-state index contributed by atoms with van der Waals surface area (Å²) in [4.78, 5) is 20.8. The number of amides is 1. The van der Waals surface area contributed by atoms with Gasteiger partial charge in [0.2, 0.25) is 0 Å². The van der Waals surface area contributed by atoms with E-state index < -0.39 is 0 Å². The van der Waals surface area contributed by atoms with Gasteiger partial charge in [0.05, 0.1) is 6.04 Å². The summed E-state index contributed by atoms with van der Waals surface area (Å²) in [6.45, 7) is 0. The molecule has 144 valence electrons. The fraction of sp³-hybridized carbons (Fsp3) is 0.200. The van der Waals surface area contributed by atoms with Crippen LogP contribution in [0.25, 0.3) is 10.9 Å². The Hall–Kier alpha value is -3.40. The number of carbonyl (C=O) groups is 1. The van der Waals surface area contributed by atoms with E-state index in [2.05, 4.69) is 15.3 Å². The number of benzene rings is 2. The third-order valence-electron chi connectivity index (χ3n) is 5.81. The molecule has 2 aromatic heterocycles. The standard InChI is InChI=1S/C25H23N3O/c29-25(19-10-11-23-21(16-19)20-8-4-5-9-22(20)27-23)28-24(17-6-2-1-3-7-17)18-12-14-26-15-13-18/h1-3,6-7,10-16,24,27H,4-5,8-9H2,(H,28,29). The van der Waals surface area contributed by atoms with E-state index in [1.807, 2.05) is 60.7 Å². The summed E-state index contributed by atoms with van der Waals surface area (Å²) in [5.41, 5.74) is 6.60. The van der Waals surface area contributed by atoms with Gasteiger partial charge in [-0.3, -0.25) is 9.78 Å². The highest BCUT2D eigenvalue weighted by Crippen LogP contribution is 2.30. The number of aromatic nitrogens is 2. The molecule has 2 heterocycles. The molecule has 4 aromatic rings. The van der Waals surface area contributed by atoms with E-state index in [-0.39, 0.29) is 11.9 Å². The zero-order chi connectivity index (χ0) is 19.6. The molecule has 0 fully saturated rings. The van der Waals surface area contributed by atoms with Crippen LogP contribution in [-0.2, 0) is 12.8 Å². The number of fused-ring (bicyclic) bond motifs is 3. The fourth-order valence-electron chi connectivity index (χ4n) is 4.32.